The highest BCUT2D eigenvalue weighted by Crippen LogP contribution is 2.19. The third-order valence-corrected chi connectivity index (χ3v) is 3.16. The zero-order chi connectivity index (χ0) is 15.4. The van der Waals surface area contributed by atoms with Crippen molar-refractivity contribution in [3.05, 3.63) is 65.2 Å². The molecule has 0 bridgehead atoms. The molecule has 110 valence electrons. The van der Waals surface area contributed by atoms with Crippen LogP contribution in [0.25, 0.3) is 0 Å². The van der Waals surface area contributed by atoms with Crippen LogP contribution < -0.4 is 4.74 Å². The van der Waals surface area contributed by atoms with Gasteiger partial charge in [0.15, 0.2) is 24.0 Å². The summed E-state index contributed by atoms with van der Waals surface area (Å²) >= 11 is 0. The van der Waals surface area contributed by atoms with Crippen molar-refractivity contribution in [3.8, 4) is 5.75 Å². The first-order valence-electron chi connectivity index (χ1n) is 6.68. The van der Waals surface area contributed by atoms with Gasteiger partial charge in [-0.2, -0.15) is 0 Å². The summed E-state index contributed by atoms with van der Waals surface area (Å²) in [5.41, 5.74) is 1.27. The number of carbonyl (C=O) groups is 1. The summed E-state index contributed by atoms with van der Waals surface area (Å²) < 4.78 is 31.2. The maximum absolute atomic E-state index is 13.1. The van der Waals surface area contributed by atoms with E-state index in [0.717, 1.165) is 12.1 Å². The Bertz CT molecular complexity index is 634. The fraction of sp³-hybridized carbons (Fsp3) is 0.235. The van der Waals surface area contributed by atoms with Crippen LogP contribution in [0.2, 0.25) is 0 Å². The molecule has 0 spiro atoms. The lowest BCUT2D eigenvalue weighted by molar-refractivity contribution is 0.0921. The summed E-state index contributed by atoms with van der Waals surface area (Å²) in [5.74, 6) is -1.43. The number of ketones is 1. The molecule has 0 aliphatic rings. The van der Waals surface area contributed by atoms with Gasteiger partial charge in [-0.15, -0.1) is 0 Å². The van der Waals surface area contributed by atoms with Gasteiger partial charge in [0.1, 0.15) is 5.75 Å². The Morgan fingerprint density at radius 3 is 2.29 bits per heavy atom. The van der Waals surface area contributed by atoms with E-state index >= 15 is 0 Å². The Morgan fingerprint density at radius 2 is 1.71 bits per heavy atom. The third-order valence-electron chi connectivity index (χ3n) is 3.16. The van der Waals surface area contributed by atoms with Crippen molar-refractivity contribution in [2.75, 3.05) is 6.61 Å². The van der Waals surface area contributed by atoms with Gasteiger partial charge in [-0.25, -0.2) is 8.78 Å². The van der Waals surface area contributed by atoms with Gasteiger partial charge in [0.05, 0.1) is 0 Å². The van der Waals surface area contributed by atoms with Crippen LogP contribution >= 0.6 is 0 Å². The van der Waals surface area contributed by atoms with Crippen molar-refractivity contribution >= 4 is 5.78 Å². The van der Waals surface area contributed by atoms with Crippen molar-refractivity contribution in [1.82, 2.24) is 0 Å². The zero-order valence-corrected chi connectivity index (χ0v) is 11.9. The standard InChI is InChI=1S/C17H16F2O2/c1-11(2)12-3-6-14(7-4-12)21-10-17(20)13-5-8-15(18)16(19)9-13/h3-9,11H,10H2,1-2H3. The molecule has 0 radical (unpaired) electrons. The van der Waals surface area contributed by atoms with Gasteiger partial charge in [0.2, 0.25) is 0 Å². The molecule has 4 heteroatoms. The molecule has 2 aromatic rings. The van der Waals surface area contributed by atoms with E-state index in [1.165, 1.54) is 11.6 Å². The van der Waals surface area contributed by atoms with Crippen LogP contribution in [-0.2, 0) is 0 Å². The summed E-state index contributed by atoms with van der Waals surface area (Å²) in [6, 6.07) is 10.5. The molecule has 0 amide bonds. The van der Waals surface area contributed by atoms with Crippen molar-refractivity contribution in [2.24, 2.45) is 0 Å². The molecule has 0 saturated carbocycles. The molecule has 0 atom stereocenters. The fourth-order valence-electron chi connectivity index (χ4n) is 1.85. The van der Waals surface area contributed by atoms with E-state index in [1.807, 2.05) is 12.1 Å². The second-order valence-corrected chi connectivity index (χ2v) is 5.06. The molecule has 2 aromatic carbocycles. The lowest BCUT2D eigenvalue weighted by Gasteiger charge is -2.08. The maximum Gasteiger partial charge on any atom is 0.200 e. The smallest absolute Gasteiger partial charge is 0.200 e. The van der Waals surface area contributed by atoms with Gasteiger partial charge >= 0.3 is 0 Å². The highest BCUT2D eigenvalue weighted by molar-refractivity contribution is 5.97. The molecule has 0 N–H and O–H groups in total. The second-order valence-electron chi connectivity index (χ2n) is 5.06. The first kappa shape index (κ1) is 15.2. The number of hydrogen-bond acceptors (Lipinski definition) is 2. The van der Waals surface area contributed by atoms with Crippen LogP contribution in [0.15, 0.2) is 42.5 Å². The predicted octanol–water partition coefficient (Wildman–Crippen LogP) is 4.35. The van der Waals surface area contributed by atoms with Crippen LogP contribution in [-0.4, -0.2) is 12.4 Å². The number of Topliss-reactive ketones (excluding diaryl/α,β-unsaturated/α-hetero) is 1. The molecule has 2 nitrogen and oxygen atoms in total. The van der Waals surface area contributed by atoms with E-state index < -0.39 is 17.4 Å². The van der Waals surface area contributed by atoms with E-state index in [0.29, 0.717) is 11.7 Å². The summed E-state index contributed by atoms with van der Waals surface area (Å²) in [6.45, 7) is 3.96. The summed E-state index contributed by atoms with van der Waals surface area (Å²) in [4.78, 5) is 11.8. The zero-order valence-electron chi connectivity index (χ0n) is 11.9. The third kappa shape index (κ3) is 3.88. The summed E-state index contributed by atoms with van der Waals surface area (Å²) in [6.07, 6.45) is 0. The molecular weight excluding hydrogens is 274 g/mol. The predicted molar refractivity (Wildman–Crippen MR) is 76.7 cm³/mol. The van der Waals surface area contributed by atoms with Crippen molar-refractivity contribution < 1.29 is 18.3 Å². The first-order chi connectivity index (χ1) is 9.97. The minimum absolute atomic E-state index is 0.0905. The number of ether oxygens (including phenoxy) is 1. The van der Waals surface area contributed by atoms with E-state index in [-0.39, 0.29) is 12.2 Å². The maximum atomic E-state index is 13.1. The quantitative estimate of drug-likeness (QED) is 0.765. The minimum atomic E-state index is -1.04. The lowest BCUT2D eigenvalue weighted by atomic mass is 10.0. The molecule has 0 aromatic heterocycles. The van der Waals surface area contributed by atoms with Crippen LogP contribution in [0.3, 0.4) is 0 Å². The molecule has 0 heterocycles. The van der Waals surface area contributed by atoms with E-state index in [4.69, 9.17) is 4.74 Å². The van der Waals surface area contributed by atoms with E-state index in [9.17, 15) is 13.6 Å². The highest BCUT2D eigenvalue weighted by Gasteiger charge is 2.10. The molecule has 2 rings (SSSR count). The highest BCUT2D eigenvalue weighted by atomic mass is 19.2. The van der Waals surface area contributed by atoms with Gasteiger partial charge in [-0.05, 0) is 41.8 Å². The van der Waals surface area contributed by atoms with Crippen LogP contribution in [0, 0.1) is 11.6 Å². The summed E-state index contributed by atoms with van der Waals surface area (Å²) in [7, 11) is 0. The Morgan fingerprint density at radius 1 is 1.05 bits per heavy atom. The van der Waals surface area contributed by atoms with Gasteiger partial charge in [0, 0.05) is 5.56 Å². The molecule has 21 heavy (non-hydrogen) atoms. The number of carbonyl (C=O) groups excluding carboxylic acids is 1. The van der Waals surface area contributed by atoms with Gasteiger partial charge in [-0.3, -0.25) is 4.79 Å². The Hall–Kier alpha value is -2.23. The molecule has 0 saturated heterocycles. The molecule has 0 aliphatic carbocycles. The minimum Gasteiger partial charge on any atom is -0.485 e. The molecular formula is C17H16F2O2. The monoisotopic (exact) mass is 290 g/mol. The average Bonchev–Trinajstić information content (AvgIpc) is 2.48. The second kappa shape index (κ2) is 6.48. The van der Waals surface area contributed by atoms with Gasteiger partial charge in [-0.1, -0.05) is 26.0 Å². The SMILES string of the molecule is CC(C)c1ccc(OCC(=O)c2ccc(F)c(F)c2)cc1. The number of halogens is 2. The van der Waals surface area contributed by atoms with Crippen LogP contribution in [0.5, 0.6) is 5.75 Å². The molecule has 0 unspecified atom stereocenters. The van der Waals surface area contributed by atoms with Gasteiger partial charge < -0.3 is 4.74 Å². The van der Waals surface area contributed by atoms with Crippen LogP contribution in [0.1, 0.15) is 35.7 Å². The molecule has 0 aliphatic heterocycles. The Labute approximate surface area is 122 Å². The Balaban J connectivity index is 1.98. The van der Waals surface area contributed by atoms with E-state index in [1.54, 1.807) is 12.1 Å². The number of benzene rings is 2. The topological polar surface area (TPSA) is 26.3 Å². The number of hydrogen-bond donors (Lipinski definition) is 0. The summed E-state index contributed by atoms with van der Waals surface area (Å²) in [5, 5.41) is 0. The van der Waals surface area contributed by atoms with Crippen molar-refractivity contribution in [3.63, 3.8) is 0 Å². The normalized spacial score (nSPS) is 10.7. The number of rotatable bonds is 5. The molecule has 0 fully saturated rings. The first-order valence-corrected chi connectivity index (χ1v) is 6.68. The van der Waals surface area contributed by atoms with Gasteiger partial charge in [0.25, 0.3) is 0 Å². The van der Waals surface area contributed by atoms with E-state index in [2.05, 4.69) is 13.8 Å². The lowest BCUT2D eigenvalue weighted by Crippen LogP contribution is -2.12. The average molecular weight is 290 g/mol. The van der Waals surface area contributed by atoms with Crippen molar-refractivity contribution in [1.29, 1.82) is 0 Å². The largest absolute Gasteiger partial charge is 0.485 e. The Kier molecular flexibility index (Phi) is 4.68. The van der Waals surface area contributed by atoms with Crippen molar-refractivity contribution in [2.45, 2.75) is 19.8 Å². The van der Waals surface area contributed by atoms with Crippen LogP contribution in [0.4, 0.5) is 8.78 Å². The fourth-order valence-corrected chi connectivity index (χ4v) is 1.85.